The van der Waals surface area contributed by atoms with Gasteiger partial charge >= 0.3 is 0 Å². The van der Waals surface area contributed by atoms with Gasteiger partial charge in [0.2, 0.25) is 5.95 Å². The third kappa shape index (κ3) is 4.43. The van der Waals surface area contributed by atoms with E-state index in [-0.39, 0.29) is 5.91 Å². The molecule has 0 radical (unpaired) electrons. The standard InChI is InChI=1S/C15H21N9O/c16-14(18-7-6-17-13(25)12-2-5-21-22-12)23-8-10-24(11-9-23)15-19-3-1-4-20-15/h1-5H,6-11H2,(H2,16,18)(H,17,25)(H,21,22). The lowest BCUT2D eigenvalue weighted by atomic mass is 10.3. The van der Waals surface area contributed by atoms with Gasteiger partial charge in [-0.3, -0.25) is 14.9 Å². The van der Waals surface area contributed by atoms with Crippen molar-refractivity contribution in [3.8, 4) is 0 Å². The number of nitrogens with zero attached hydrogens (tertiary/aromatic N) is 6. The van der Waals surface area contributed by atoms with Gasteiger partial charge in [0.05, 0.1) is 6.54 Å². The lowest BCUT2D eigenvalue weighted by molar-refractivity contribution is 0.0950. The Morgan fingerprint density at radius 2 is 2.00 bits per heavy atom. The molecule has 2 aromatic heterocycles. The fourth-order valence-electron chi connectivity index (χ4n) is 2.51. The zero-order valence-electron chi connectivity index (χ0n) is 13.8. The van der Waals surface area contributed by atoms with E-state index in [0.29, 0.717) is 24.7 Å². The molecular formula is C15H21N9O. The number of carbonyl (C=O) groups excluding carboxylic acids is 1. The molecule has 0 saturated carbocycles. The van der Waals surface area contributed by atoms with Crippen LogP contribution in [0.2, 0.25) is 0 Å². The Morgan fingerprint density at radius 3 is 2.68 bits per heavy atom. The maximum absolute atomic E-state index is 11.7. The predicted octanol–water partition coefficient (Wildman–Crippen LogP) is -0.934. The van der Waals surface area contributed by atoms with Crippen molar-refractivity contribution < 1.29 is 4.79 Å². The first-order chi connectivity index (χ1) is 12.2. The highest BCUT2D eigenvalue weighted by molar-refractivity contribution is 5.92. The van der Waals surface area contributed by atoms with Gasteiger partial charge in [0.1, 0.15) is 5.69 Å². The number of H-pyrrole nitrogens is 1. The molecule has 0 spiro atoms. The molecule has 0 aliphatic carbocycles. The van der Waals surface area contributed by atoms with Gasteiger partial charge < -0.3 is 20.9 Å². The number of rotatable bonds is 5. The van der Waals surface area contributed by atoms with Gasteiger partial charge in [-0.2, -0.15) is 5.10 Å². The fraction of sp³-hybridized carbons (Fsp3) is 0.400. The number of aliphatic imine (C=N–C) groups is 1. The Kier molecular flexibility index (Phi) is 5.39. The van der Waals surface area contributed by atoms with Crippen LogP contribution < -0.4 is 16.0 Å². The van der Waals surface area contributed by atoms with Crippen LogP contribution in [-0.4, -0.2) is 76.2 Å². The van der Waals surface area contributed by atoms with E-state index in [2.05, 4.69) is 35.4 Å². The molecule has 1 aliphatic rings. The topological polar surface area (TPSA) is 128 Å². The van der Waals surface area contributed by atoms with E-state index in [1.54, 1.807) is 24.5 Å². The van der Waals surface area contributed by atoms with E-state index in [1.165, 1.54) is 6.20 Å². The number of carbonyl (C=O) groups is 1. The van der Waals surface area contributed by atoms with Crippen molar-refractivity contribution in [2.45, 2.75) is 0 Å². The number of guanidine groups is 1. The average Bonchev–Trinajstić information content (AvgIpc) is 3.21. The van der Waals surface area contributed by atoms with Gasteiger partial charge in [0, 0.05) is 51.3 Å². The van der Waals surface area contributed by atoms with Gasteiger partial charge in [-0.1, -0.05) is 0 Å². The summed E-state index contributed by atoms with van der Waals surface area (Å²) in [6.07, 6.45) is 5.01. The van der Waals surface area contributed by atoms with Crippen LogP contribution in [0, 0.1) is 0 Å². The Balaban J connectivity index is 1.40. The predicted molar refractivity (Wildman–Crippen MR) is 93.2 cm³/mol. The number of piperazine rings is 1. The van der Waals surface area contributed by atoms with Crippen molar-refractivity contribution >= 4 is 17.8 Å². The van der Waals surface area contributed by atoms with Crippen LogP contribution in [0.25, 0.3) is 0 Å². The molecule has 132 valence electrons. The molecular weight excluding hydrogens is 322 g/mol. The smallest absolute Gasteiger partial charge is 0.269 e. The second-order valence-electron chi connectivity index (χ2n) is 5.49. The number of nitrogens with two attached hydrogens (primary N) is 1. The van der Waals surface area contributed by atoms with Crippen LogP contribution in [0.4, 0.5) is 5.95 Å². The molecule has 1 amide bonds. The van der Waals surface area contributed by atoms with Crippen molar-refractivity contribution in [3.63, 3.8) is 0 Å². The van der Waals surface area contributed by atoms with E-state index in [9.17, 15) is 4.79 Å². The Labute approximate surface area is 145 Å². The summed E-state index contributed by atoms with van der Waals surface area (Å²) in [5.74, 6) is 1.02. The van der Waals surface area contributed by atoms with Gasteiger partial charge in [-0.05, 0) is 12.1 Å². The number of hydrogen-bond acceptors (Lipinski definition) is 6. The average molecular weight is 343 g/mol. The first-order valence-electron chi connectivity index (χ1n) is 8.08. The van der Waals surface area contributed by atoms with Crippen LogP contribution in [-0.2, 0) is 0 Å². The molecule has 0 atom stereocenters. The highest BCUT2D eigenvalue weighted by Gasteiger charge is 2.19. The van der Waals surface area contributed by atoms with E-state index in [1.807, 2.05) is 4.90 Å². The zero-order chi connectivity index (χ0) is 17.5. The van der Waals surface area contributed by atoms with Gasteiger partial charge in [0.25, 0.3) is 5.91 Å². The summed E-state index contributed by atoms with van der Waals surface area (Å²) >= 11 is 0. The molecule has 3 rings (SSSR count). The van der Waals surface area contributed by atoms with E-state index >= 15 is 0 Å². The Bertz CT molecular complexity index is 693. The highest BCUT2D eigenvalue weighted by atomic mass is 16.1. The van der Waals surface area contributed by atoms with Crippen LogP contribution >= 0.6 is 0 Å². The molecule has 25 heavy (non-hydrogen) atoms. The monoisotopic (exact) mass is 343 g/mol. The Hall–Kier alpha value is -3.17. The molecule has 2 aromatic rings. The maximum Gasteiger partial charge on any atom is 0.269 e. The third-order valence-electron chi connectivity index (χ3n) is 3.86. The van der Waals surface area contributed by atoms with Crippen LogP contribution in [0.15, 0.2) is 35.7 Å². The van der Waals surface area contributed by atoms with Crippen LogP contribution in [0.3, 0.4) is 0 Å². The molecule has 1 saturated heterocycles. The summed E-state index contributed by atoms with van der Waals surface area (Å²) in [4.78, 5) is 28.7. The number of aromatic nitrogens is 4. The lowest BCUT2D eigenvalue weighted by Gasteiger charge is -2.35. The number of anilines is 1. The molecule has 4 N–H and O–H groups in total. The van der Waals surface area contributed by atoms with Gasteiger partial charge in [-0.25, -0.2) is 9.97 Å². The van der Waals surface area contributed by atoms with Crippen LogP contribution in [0.5, 0.6) is 0 Å². The first-order valence-corrected chi connectivity index (χ1v) is 8.08. The van der Waals surface area contributed by atoms with Crippen LogP contribution in [0.1, 0.15) is 10.5 Å². The third-order valence-corrected chi connectivity index (χ3v) is 3.86. The maximum atomic E-state index is 11.7. The van der Waals surface area contributed by atoms with Gasteiger partial charge in [0.15, 0.2) is 5.96 Å². The number of nitrogens with one attached hydrogen (secondary N) is 2. The number of amides is 1. The number of hydrogen-bond donors (Lipinski definition) is 3. The SMILES string of the molecule is NC(=NCCNC(=O)c1ccn[nH]1)N1CCN(c2ncccn2)CC1. The second kappa shape index (κ2) is 8.08. The van der Waals surface area contributed by atoms with Crippen molar-refractivity contribution in [2.24, 2.45) is 10.7 Å². The summed E-state index contributed by atoms with van der Waals surface area (Å²) in [5.41, 5.74) is 6.47. The summed E-state index contributed by atoms with van der Waals surface area (Å²) in [6, 6.07) is 3.42. The van der Waals surface area contributed by atoms with E-state index in [4.69, 9.17) is 5.73 Å². The molecule has 0 unspecified atom stereocenters. The largest absolute Gasteiger partial charge is 0.370 e. The molecule has 10 nitrogen and oxygen atoms in total. The summed E-state index contributed by atoms with van der Waals surface area (Å²) in [5, 5.41) is 9.10. The molecule has 10 heteroatoms. The first kappa shape index (κ1) is 16.7. The van der Waals surface area contributed by atoms with Crippen molar-refractivity contribution in [3.05, 3.63) is 36.4 Å². The summed E-state index contributed by atoms with van der Waals surface area (Å²) in [7, 11) is 0. The summed E-state index contributed by atoms with van der Waals surface area (Å²) in [6.45, 7) is 3.93. The quantitative estimate of drug-likeness (QED) is 0.363. The molecule has 0 aromatic carbocycles. The minimum absolute atomic E-state index is 0.206. The molecule has 0 bridgehead atoms. The minimum Gasteiger partial charge on any atom is -0.370 e. The van der Waals surface area contributed by atoms with Crippen molar-refractivity contribution in [1.82, 2.24) is 30.4 Å². The minimum atomic E-state index is -0.206. The molecule has 1 aliphatic heterocycles. The summed E-state index contributed by atoms with van der Waals surface area (Å²) < 4.78 is 0. The second-order valence-corrected chi connectivity index (χ2v) is 5.49. The molecule has 1 fully saturated rings. The normalized spacial score (nSPS) is 15.3. The number of aromatic amines is 1. The van der Waals surface area contributed by atoms with Crippen molar-refractivity contribution in [1.29, 1.82) is 0 Å². The van der Waals surface area contributed by atoms with E-state index in [0.717, 1.165) is 32.1 Å². The lowest BCUT2D eigenvalue weighted by Crippen LogP contribution is -2.51. The van der Waals surface area contributed by atoms with E-state index < -0.39 is 0 Å². The fourth-order valence-corrected chi connectivity index (χ4v) is 2.51. The van der Waals surface area contributed by atoms with Gasteiger partial charge in [-0.15, -0.1) is 0 Å². The zero-order valence-corrected chi connectivity index (χ0v) is 13.8. The Morgan fingerprint density at radius 1 is 1.24 bits per heavy atom. The molecule has 3 heterocycles. The highest BCUT2D eigenvalue weighted by Crippen LogP contribution is 2.09. The van der Waals surface area contributed by atoms with Crippen molar-refractivity contribution in [2.75, 3.05) is 44.2 Å².